The molecule has 0 atom stereocenters. The molecule has 1 N–H and O–H groups in total. The smallest absolute Gasteiger partial charge is 0.232 e. The molecule has 0 saturated carbocycles. The Hall–Kier alpha value is -0.480. The monoisotopic (exact) mass is 200 g/mol. The van der Waals surface area contributed by atoms with Gasteiger partial charge in [-0.25, -0.2) is 0 Å². The van der Waals surface area contributed by atoms with Crippen LogP contribution in [0.1, 0.15) is 0 Å². The van der Waals surface area contributed by atoms with E-state index in [9.17, 15) is 4.79 Å². The summed E-state index contributed by atoms with van der Waals surface area (Å²) in [5, 5.41) is 3.22. The highest BCUT2D eigenvalue weighted by Crippen LogP contribution is 2.03. The lowest BCUT2D eigenvalue weighted by atomic mass is 10.3. The largest absolute Gasteiger partial charge is 0.339 e. The van der Waals surface area contributed by atoms with E-state index >= 15 is 0 Å². The molecule has 1 amide bonds. The van der Waals surface area contributed by atoms with Crippen LogP contribution < -0.4 is 5.32 Å². The van der Waals surface area contributed by atoms with Crippen LogP contribution in [0.15, 0.2) is 12.7 Å². The average Bonchev–Trinajstić information content (AvgIpc) is 2.19. The van der Waals surface area contributed by atoms with Gasteiger partial charge in [0.2, 0.25) is 5.91 Å². The zero-order valence-corrected chi connectivity index (χ0v) is 8.61. The van der Waals surface area contributed by atoms with Gasteiger partial charge in [-0.3, -0.25) is 4.79 Å². The lowest BCUT2D eigenvalue weighted by molar-refractivity contribution is -0.128. The van der Waals surface area contributed by atoms with Crippen molar-refractivity contribution in [3.63, 3.8) is 0 Å². The summed E-state index contributed by atoms with van der Waals surface area (Å²) in [5.41, 5.74) is 0. The minimum atomic E-state index is 0.258. The van der Waals surface area contributed by atoms with Crippen LogP contribution in [0.3, 0.4) is 0 Å². The van der Waals surface area contributed by atoms with Crippen molar-refractivity contribution in [1.82, 2.24) is 10.2 Å². The van der Waals surface area contributed by atoms with E-state index in [1.54, 1.807) is 11.8 Å². The van der Waals surface area contributed by atoms with Gasteiger partial charge in [-0.1, -0.05) is 6.08 Å². The molecule has 0 aliphatic carbocycles. The van der Waals surface area contributed by atoms with Gasteiger partial charge in [0, 0.05) is 31.9 Å². The predicted octanol–water partition coefficient (Wildman–Crippen LogP) is 0.337. The number of hydrogen-bond donors (Lipinski definition) is 1. The standard InChI is InChI=1S/C9H16N2OS/c1-2-7-13-8-9(12)11-5-3-10-4-6-11/h2,10H,1,3-8H2. The Balaban J connectivity index is 2.17. The number of nitrogens with zero attached hydrogens (tertiary/aromatic N) is 1. The Labute approximate surface area is 83.6 Å². The van der Waals surface area contributed by atoms with E-state index in [0.717, 1.165) is 31.9 Å². The SMILES string of the molecule is C=CCSCC(=O)N1CCNCC1. The third-order valence-corrected chi connectivity index (χ3v) is 2.85. The minimum absolute atomic E-state index is 0.258. The zero-order valence-electron chi connectivity index (χ0n) is 7.79. The lowest BCUT2D eigenvalue weighted by Crippen LogP contribution is -2.47. The number of amides is 1. The Bertz CT molecular complexity index is 178. The van der Waals surface area contributed by atoms with Gasteiger partial charge in [-0.2, -0.15) is 0 Å². The van der Waals surface area contributed by atoms with Crippen molar-refractivity contribution < 1.29 is 4.79 Å². The number of nitrogens with one attached hydrogen (secondary N) is 1. The second-order valence-corrected chi connectivity index (χ2v) is 3.96. The Morgan fingerprint density at radius 3 is 2.85 bits per heavy atom. The second kappa shape index (κ2) is 6.05. The van der Waals surface area contributed by atoms with E-state index in [1.165, 1.54) is 0 Å². The van der Waals surface area contributed by atoms with Crippen molar-refractivity contribution in [2.24, 2.45) is 0 Å². The highest BCUT2D eigenvalue weighted by atomic mass is 32.2. The summed E-state index contributed by atoms with van der Waals surface area (Å²) >= 11 is 1.63. The number of rotatable bonds is 4. The highest BCUT2D eigenvalue weighted by Gasteiger charge is 2.14. The van der Waals surface area contributed by atoms with Crippen molar-refractivity contribution in [2.45, 2.75) is 0 Å². The molecule has 0 radical (unpaired) electrons. The third kappa shape index (κ3) is 3.83. The first-order valence-electron chi connectivity index (χ1n) is 4.51. The minimum Gasteiger partial charge on any atom is -0.339 e. The number of carbonyl (C=O) groups is 1. The molecule has 0 unspecified atom stereocenters. The van der Waals surface area contributed by atoms with Gasteiger partial charge in [0.05, 0.1) is 5.75 Å². The van der Waals surface area contributed by atoms with E-state index in [1.807, 2.05) is 11.0 Å². The Morgan fingerprint density at radius 1 is 1.54 bits per heavy atom. The van der Waals surface area contributed by atoms with Crippen molar-refractivity contribution in [1.29, 1.82) is 0 Å². The van der Waals surface area contributed by atoms with Crippen molar-refractivity contribution in [3.8, 4) is 0 Å². The van der Waals surface area contributed by atoms with Crippen molar-refractivity contribution in [2.75, 3.05) is 37.7 Å². The van der Waals surface area contributed by atoms with Gasteiger partial charge in [-0.05, 0) is 0 Å². The number of carbonyl (C=O) groups excluding carboxylic acids is 1. The molecular weight excluding hydrogens is 184 g/mol. The molecule has 1 fully saturated rings. The molecule has 4 heteroatoms. The van der Waals surface area contributed by atoms with Crippen LogP contribution in [0.4, 0.5) is 0 Å². The maximum absolute atomic E-state index is 11.5. The van der Waals surface area contributed by atoms with Crippen LogP contribution >= 0.6 is 11.8 Å². The summed E-state index contributed by atoms with van der Waals surface area (Å²) in [7, 11) is 0. The van der Waals surface area contributed by atoms with E-state index < -0.39 is 0 Å². The van der Waals surface area contributed by atoms with Gasteiger partial charge in [0.1, 0.15) is 0 Å². The zero-order chi connectivity index (χ0) is 9.52. The number of hydrogen-bond acceptors (Lipinski definition) is 3. The van der Waals surface area contributed by atoms with E-state index in [0.29, 0.717) is 5.75 Å². The first-order valence-corrected chi connectivity index (χ1v) is 5.67. The normalized spacial score (nSPS) is 17.1. The van der Waals surface area contributed by atoms with Crippen molar-refractivity contribution in [3.05, 3.63) is 12.7 Å². The van der Waals surface area contributed by atoms with Crippen LogP contribution in [-0.2, 0) is 4.79 Å². The summed E-state index contributed by atoms with van der Waals surface area (Å²) in [6.45, 7) is 7.18. The lowest BCUT2D eigenvalue weighted by Gasteiger charge is -2.27. The molecular formula is C9H16N2OS. The van der Waals surface area contributed by atoms with Gasteiger partial charge in [0.15, 0.2) is 0 Å². The maximum atomic E-state index is 11.5. The second-order valence-electron chi connectivity index (χ2n) is 2.93. The molecule has 1 heterocycles. The summed E-state index contributed by atoms with van der Waals surface area (Å²) in [4.78, 5) is 13.4. The molecule has 0 bridgehead atoms. The average molecular weight is 200 g/mol. The molecule has 0 aromatic heterocycles. The molecule has 74 valence electrons. The number of thioether (sulfide) groups is 1. The summed E-state index contributed by atoms with van der Waals surface area (Å²) in [6, 6.07) is 0. The molecule has 0 aromatic rings. The Kier molecular flexibility index (Phi) is 4.93. The van der Waals surface area contributed by atoms with Crippen LogP contribution in [0.5, 0.6) is 0 Å². The van der Waals surface area contributed by atoms with Gasteiger partial charge >= 0.3 is 0 Å². The van der Waals surface area contributed by atoms with Gasteiger partial charge in [0.25, 0.3) is 0 Å². The van der Waals surface area contributed by atoms with E-state index in [-0.39, 0.29) is 5.91 Å². The fourth-order valence-electron chi connectivity index (χ4n) is 1.24. The third-order valence-electron chi connectivity index (χ3n) is 1.93. The topological polar surface area (TPSA) is 32.3 Å². The molecule has 1 saturated heterocycles. The van der Waals surface area contributed by atoms with Gasteiger partial charge < -0.3 is 10.2 Å². The van der Waals surface area contributed by atoms with Crippen molar-refractivity contribution >= 4 is 17.7 Å². The fraction of sp³-hybridized carbons (Fsp3) is 0.667. The molecule has 1 aliphatic rings. The molecule has 1 rings (SSSR count). The first-order chi connectivity index (χ1) is 6.34. The summed E-state index contributed by atoms with van der Waals surface area (Å²) < 4.78 is 0. The van der Waals surface area contributed by atoms with Gasteiger partial charge in [-0.15, -0.1) is 18.3 Å². The maximum Gasteiger partial charge on any atom is 0.232 e. The highest BCUT2D eigenvalue weighted by molar-refractivity contribution is 8.00. The summed E-state index contributed by atoms with van der Waals surface area (Å²) in [6.07, 6.45) is 1.83. The van der Waals surface area contributed by atoms with Crippen LogP contribution in [0, 0.1) is 0 Å². The van der Waals surface area contributed by atoms with Crippen LogP contribution in [-0.4, -0.2) is 48.5 Å². The molecule has 0 aromatic carbocycles. The molecule has 13 heavy (non-hydrogen) atoms. The predicted molar refractivity (Wildman–Crippen MR) is 57.0 cm³/mol. The first kappa shape index (κ1) is 10.6. The Morgan fingerprint density at radius 2 is 2.23 bits per heavy atom. The van der Waals surface area contributed by atoms with Crippen LogP contribution in [0.2, 0.25) is 0 Å². The molecule has 0 spiro atoms. The number of piperazine rings is 1. The fourth-order valence-corrected chi connectivity index (χ4v) is 1.88. The quantitative estimate of drug-likeness (QED) is 0.524. The summed E-state index contributed by atoms with van der Waals surface area (Å²) in [5.74, 6) is 1.71. The van der Waals surface area contributed by atoms with Crippen LogP contribution in [0.25, 0.3) is 0 Å². The van der Waals surface area contributed by atoms with E-state index in [2.05, 4.69) is 11.9 Å². The van der Waals surface area contributed by atoms with E-state index in [4.69, 9.17) is 0 Å². The molecule has 3 nitrogen and oxygen atoms in total. The molecule has 1 aliphatic heterocycles.